The summed E-state index contributed by atoms with van der Waals surface area (Å²) in [7, 11) is 0. The molecule has 0 fully saturated rings. The maximum Gasteiger partial charge on any atom is 0.164 e. The van der Waals surface area contributed by atoms with Gasteiger partial charge in [0, 0.05) is 74.1 Å². The van der Waals surface area contributed by atoms with E-state index in [2.05, 4.69) is 98.9 Å². The molecule has 0 aliphatic carbocycles. The molecule has 3 nitrogen and oxygen atoms in total. The average Bonchev–Trinajstić information content (AvgIpc) is 3.78. The van der Waals surface area contributed by atoms with Crippen molar-refractivity contribution in [3.63, 3.8) is 0 Å². The van der Waals surface area contributed by atoms with Gasteiger partial charge in [-0.2, -0.15) is 0 Å². The molecule has 6 aromatic rings. The average molecular weight is 881 g/mol. The van der Waals surface area contributed by atoms with Gasteiger partial charge in [0.1, 0.15) is 5.76 Å². The predicted octanol–water partition coefficient (Wildman–Crippen LogP) is 13.7. The minimum Gasteiger partial charge on any atom is -0.512 e. The van der Waals surface area contributed by atoms with Gasteiger partial charge >= 0.3 is 0 Å². The summed E-state index contributed by atoms with van der Waals surface area (Å²) in [6.45, 7) is 18.9. The molecule has 265 valence electrons. The van der Waals surface area contributed by atoms with Gasteiger partial charge in [0.15, 0.2) is 5.78 Å². The summed E-state index contributed by atoms with van der Waals surface area (Å²) in [6.07, 6.45) is 6.68. The topological polar surface area (TPSA) is 50.2 Å². The number of aliphatic hydroxyl groups is 1. The Balaban J connectivity index is 0.000000269. The summed E-state index contributed by atoms with van der Waals surface area (Å²) in [5, 5.41) is 17.3. The first-order chi connectivity index (χ1) is 23.3. The normalized spacial score (nSPS) is 12.5. The number of benzene rings is 3. The van der Waals surface area contributed by atoms with Crippen LogP contribution >= 0.6 is 22.7 Å². The molecule has 3 aromatic carbocycles. The Morgan fingerprint density at radius 1 is 0.840 bits per heavy atom. The van der Waals surface area contributed by atoms with E-state index in [1.165, 1.54) is 47.6 Å². The molecule has 0 saturated carbocycles. The zero-order chi connectivity index (χ0) is 35.6. The summed E-state index contributed by atoms with van der Waals surface area (Å²) in [5.41, 5.74) is 4.16. The molecule has 3 heterocycles. The van der Waals surface area contributed by atoms with Crippen LogP contribution in [0.15, 0.2) is 90.1 Å². The van der Waals surface area contributed by atoms with E-state index < -0.39 is 0 Å². The van der Waals surface area contributed by atoms with Crippen LogP contribution in [0, 0.1) is 16.9 Å². The molecule has 3 aromatic heterocycles. The number of pyridine rings is 1. The van der Waals surface area contributed by atoms with Gasteiger partial charge in [-0.15, -0.1) is 51.8 Å². The van der Waals surface area contributed by atoms with Gasteiger partial charge in [-0.3, -0.25) is 9.78 Å². The first kappa shape index (κ1) is 39.6. The van der Waals surface area contributed by atoms with Crippen LogP contribution in [0.4, 0.5) is 0 Å². The van der Waals surface area contributed by atoms with Crippen molar-refractivity contribution < 1.29 is 30.0 Å². The monoisotopic (exact) mass is 881 g/mol. The number of rotatable bonds is 9. The Hall–Kier alpha value is -3.15. The Kier molecular flexibility index (Phi) is 12.7. The van der Waals surface area contributed by atoms with E-state index in [0.717, 1.165) is 42.3 Å². The Morgan fingerprint density at radius 2 is 1.52 bits per heavy atom. The molecule has 0 spiro atoms. The van der Waals surface area contributed by atoms with Crippen LogP contribution in [0.1, 0.15) is 93.6 Å². The van der Waals surface area contributed by atoms with Crippen molar-refractivity contribution in [2.75, 3.05) is 0 Å². The van der Waals surface area contributed by atoms with Crippen LogP contribution < -0.4 is 0 Å². The molecule has 0 bridgehead atoms. The molecule has 6 rings (SSSR count). The molecule has 0 amide bonds. The van der Waals surface area contributed by atoms with Gasteiger partial charge in [0.2, 0.25) is 0 Å². The van der Waals surface area contributed by atoms with E-state index in [1.54, 1.807) is 11.3 Å². The summed E-state index contributed by atoms with van der Waals surface area (Å²) in [4.78, 5) is 18.3. The number of hydrogen-bond acceptors (Lipinski definition) is 5. The van der Waals surface area contributed by atoms with Crippen LogP contribution in [0.5, 0.6) is 0 Å². The van der Waals surface area contributed by atoms with Gasteiger partial charge in [-0.1, -0.05) is 104 Å². The molecule has 0 saturated heterocycles. The summed E-state index contributed by atoms with van der Waals surface area (Å²) in [6, 6.07) is 27.8. The largest absolute Gasteiger partial charge is 0.512 e. The van der Waals surface area contributed by atoms with Crippen molar-refractivity contribution >= 4 is 59.4 Å². The van der Waals surface area contributed by atoms with E-state index in [-0.39, 0.29) is 47.9 Å². The van der Waals surface area contributed by atoms with Crippen LogP contribution in [-0.4, -0.2) is 15.9 Å². The number of hydrogen-bond donors (Lipinski definition) is 1. The summed E-state index contributed by atoms with van der Waals surface area (Å²) in [5.74, 6) is 0.286. The number of ketones is 1. The first-order valence-electron chi connectivity index (χ1n) is 17.5. The Labute approximate surface area is 320 Å². The second kappa shape index (κ2) is 16.0. The van der Waals surface area contributed by atoms with E-state index in [4.69, 9.17) is 4.98 Å². The summed E-state index contributed by atoms with van der Waals surface area (Å²) >= 11 is 3.63. The number of carbonyl (C=O) groups excluding carboxylic acids is 1. The van der Waals surface area contributed by atoms with Gasteiger partial charge < -0.3 is 5.11 Å². The van der Waals surface area contributed by atoms with Crippen molar-refractivity contribution in [1.29, 1.82) is 0 Å². The maximum absolute atomic E-state index is 12.2. The molecule has 0 aliphatic heterocycles. The number of thiophene rings is 2. The molecular formula is C44H50IrNO2S2-. The molecular weight excluding hydrogens is 831 g/mol. The molecule has 1 radical (unpaired) electrons. The van der Waals surface area contributed by atoms with E-state index in [9.17, 15) is 9.90 Å². The van der Waals surface area contributed by atoms with E-state index in [0.29, 0.717) is 0 Å². The van der Waals surface area contributed by atoms with Crippen LogP contribution in [0.2, 0.25) is 0 Å². The third-order valence-corrected chi connectivity index (χ3v) is 12.7. The molecule has 6 heteroatoms. The SMILES string of the molecule is CC(C)(C)c1cc(-c2nccc3cc(-c4cccc5sccc45)sc23)[c-]c2ccccc12.CCC(C)(CC)C(=O)/C=C(\O)C(C)(CC)CC.[Ir]. The van der Waals surface area contributed by atoms with Gasteiger partial charge in [0.25, 0.3) is 0 Å². The number of fused-ring (bicyclic) bond motifs is 3. The first-order valence-corrected chi connectivity index (χ1v) is 19.2. The van der Waals surface area contributed by atoms with Crippen LogP contribution in [0.25, 0.3) is 52.6 Å². The van der Waals surface area contributed by atoms with Crippen molar-refractivity contribution in [3.8, 4) is 21.7 Å². The smallest absolute Gasteiger partial charge is 0.164 e. The number of allylic oxidation sites excluding steroid dienone is 2. The van der Waals surface area contributed by atoms with Crippen molar-refractivity contribution in [1.82, 2.24) is 4.98 Å². The molecule has 1 N–H and O–H groups in total. The zero-order valence-electron chi connectivity index (χ0n) is 30.9. The second-order valence-corrected chi connectivity index (χ2v) is 16.6. The Morgan fingerprint density at radius 3 is 2.18 bits per heavy atom. The van der Waals surface area contributed by atoms with E-state index >= 15 is 0 Å². The quantitative estimate of drug-likeness (QED) is 0.0894. The Bertz CT molecular complexity index is 2120. The van der Waals surface area contributed by atoms with Gasteiger partial charge in [-0.25, -0.2) is 0 Å². The molecule has 0 atom stereocenters. The fourth-order valence-corrected chi connectivity index (χ4v) is 8.17. The van der Waals surface area contributed by atoms with Crippen LogP contribution in [0.3, 0.4) is 0 Å². The maximum atomic E-state index is 12.2. The fourth-order valence-electron chi connectivity index (χ4n) is 6.16. The van der Waals surface area contributed by atoms with E-state index in [1.807, 2.05) is 59.1 Å². The molecule has 50 heavy (non-hydrogen) atoms. The van der Waals surface area contributed by atoms with Crippen LogP contribution in [-0.2, 0) is 30.3 Å². The van der Waals surface area contributed by atoms with Gasteiger partial charge in [0.05, 0.1) is 0 Å². The second-order valence-electron chi connectivity index (χ2n) is 14.6. The minimum absolute atomic E-state index is 0. The van der Waals surface area contributed by atoms with Gasteiger partial charge in [-0.05, 0) is 66.1 Å². The van der Waals surface area contributed by atoms with Crippen molar-refractivity contribution in [2.24, 2.45) is 10.8 Å². The van der Waals surface area contributed by atoms with Crippen molar-refractivity contribution in [2.45, 2.75) is 93.4 Å². The minimum atomic E-state index is -0.337. The third-order valence-electron chi connectivity index (χ3n) is 10.6. The number of carbonyl (C=O) groups is 1. The number of nitrogens with zero attached hydrogens (tertiary/aromatic N) is 1. The fraction of sp³-hybridized carbons (Fsp3) is 0.364. The molecule has 0 unspecified atom stereocenters. The predicted molar refractivity (Wildman–Crippen MR) is 214 cm³/mol. The number of aromatic nitrogens is 1. The summed E-state index contributed by atoms with van der Waals surface area (Å²) < 4.78 is 2.55. The third kappa shape index (κ3) is 8.00. The number of aliphatic hydroxyl groups excluding tert-OH is 1. The molecule has 0 aliphatic rings. The zero-order valence-corrected chi connectivity index (χ0v) is 34.9. The van der Waals surface area contributed by atoms with Crippen molar-refractivity contribution in [3.05, 3.63) is 102 Å². The standard InChI is InChI=1S/C29H22NS2.C15H28O2.Ir/c1-29(2,3)24-16-20(15-18-7-4-5-8-21(18)24)27-28-19(11-13-30-27)17-26(32-28)22-9-6-10-25-23(22)12-14-31-25;1-7-14(5,8-2)12(16)11-13(17)15(6,9-3)10-4;/h4-14,16-17H,1-3H3;11,16H,7-10H2,1-6H3;/q-1;;/b;12-11-;.